The van der Waals surface area contributed by atoms with Gasteiger partial charge in [0.05, 0.1) is 23.8 Å². The number of benzene rings is 1. The van der Waals surface area contributed by atoms with Gasteiger partial charge in [0.15, 0.2) is 0 Å². The molecule has 18 heavy (non-hydrogen) atoms. The second kappa shape index (κ2) is 4.27. The number of imidazole rings is 1. The van der Waals surface area contributed by atoms with Crippen molar-refractivity contribution >= 4 is 22.5 Å². The van der Waals surface area contributed by atoms with Crippen molar-refractivity contribution in [3.8, 4) is 0 Å². The molecule has 3 rings (SSSR count). The molecule has 0 spiro atoms. The maximum atomic E-state index is 11.9. The van der Waals surface area contributed by atoms with Crippen molar-refractivity contribution in [2.24, 2.45) is 0 Å². The molecule has 0 radical (unpaired) electrons. The van der Waals surface area contributed by atoms with Crippen LogP contribution in [0, 0.1) is 0 Å². The van der Waals surface area contributed by atoms with Gasteiger partial charge in [0, 0.05) is 17.4 Å². The molecule has 0 saturated heterocycles. The fourth-order valence-corrected chi connectivity index (χ4v) is 1.96. The number of aromatic nitrogens is 4. The third kappa shape index (κ3) is 2.00. The number of hydrogen-bond donors (Lipinski definition) is 1. The Hall–Kier alpha value is -2.14. The van der Waals surface area contributed by atoms with Gasteiger partial charge in [-0.1, -0.05) is 11.6 Å². The van der Waals surface area contributed by atoms with Crippen molar-refractivity contribution in [3.63, 3.8) is 0 Å². The SMILES string of the molecule is O=c1[nH]c(Cn2ccnc2)nc2cc(Cl)ccc12. The summed E-state index contributed by atoms with van der Waals surface area (Å²) in [4.78, 5) is 22.9. The van der Waals surface area contributed by atoms with Crippen LogP contribution in [0.3, 0.4) is 0 Å². The normalized spacial score (nSPS) is 10.9. The van der Waals surface area contributed by atoms with Crippen molar-refractivity contribution in [2.45, 2.75) is 6.54 Å². The zero-order valence-electron chi connectivity index (χ0n) is 9.30. The van der Waals surface area contributed by atoms with Gasteiger partial charge in [-0.2, -0.15) is 0 Å². The Morgan fingerprint density at radius 1 is 1.39 bits per heavy atom. The summed E-state index contributed by atoms with van der Waals surface area (Å²) in [6.07, 6.45) is 5.15. The van der Waals surface area contributed by atoms with Crippen LogP contribution in [0.1, 0.15) is 5.82 Å². The first-order valence-corrected chi connectivity index (χ1v) is 5.74. The van der Waals surface area contributed by atoms with E-state index in [1.54, 1.807) is 30.7 Å². The second-order valence-electron chi connectivity index (χ2n) is 3.91. The lowest BCUT2D eigenvalue weighted by Crippen LogP contribution is -2.13. The topological polar surface area (TPSA) is 63.6 Å². The average molecular weight is 261 g/mol. The second-order valence-corrected chi connectivity index (χ2v) is 4.35. The van der Waals surface area contributed by atoms with Gasteiger partial charge < -0.3 is 9.55 Å². The van der Waals surface area contributed by atoms with E-state index in [1.807, 2.05) is 10.8 Å². The van der Waals surface area contributed by atoms with Gasteiger partial charge in [0.25, 0.3) is 5.56 Å². The van der Waals surface area contributed by atoms with E-state index in [2.05, 4.69) is 15.0 Å². The van der Waals surface area contributed by atoms with Crippen LogP contribution in [-0.2, 0) is 6.54 Å². The van der Waals surface area contributed by atoms with Gasteiger partial charge in [-0.3, -0.25) is 4.79 Å². The third-order valence-corrected chi connectivity index (χ3v) is 2.84. The van der Waals surface area contributed by atoms with E-state index in [1.165, 1.54) is 0 Å². The summed E-state index contributed by atoms with van der Waals surface area (Å²) >= 11 is 5.90. The summed E-state index contributed by atoms with van der Waals surface area (Å²) in [5.74, 6) is 0.577. The Morgan fingerprint density at radius 2 is 2.28 bits per heavy atom. The maximum absolute atomic E-state index is 11.9. The minimum Gasteiger partial charge on any atom is -0.330 e. The molecular weight excluding hydrogens is 252 g/mol. The van der Waals surface area contributed by atoms with Crippen LogP contribution in [0.5, 0.6) is 0 Å². The van der Waals surface area contributed by atoms with Crippen LogP contribution in [0.25, 0.3) is 10.9 Å². The Balaban J connectivity index is 2.11. The molecule has 6 heteroatoms. The van der Waals surface area contributed by atoms with Gasteiger partial charge in [-0.15, -0.1) is 0 Å². The summed E-state index contributed by atoms with van der Waals surface area (Å²) in [5, 5.41) is 1.10. The fourth-order valence-electron chi connectivity index (χ4n) is 1.79. The van der Waals surface area contributed by atoms with E-state index in [9.17, 15) is 4.79 Å². The number of H-pyrrole nitrogens is 1. The molecule has 1 N–H and O–H groups in total. The summed E-state index contributed by atoms with van der Waals surface area (Å²) in [5.41, 5.74) is 0.438. The smallest absolute Gasteiger partial charge is 0.258 e. The number of aromatic amines is 1. The monoisotopic (exact) mass is 260 g/mol. The first kappa shape index (κ1) is 11.0. The zero-order valence-corrected chi connectivity index (χ0v) is 10.1. The summed E-state index contributed by atoms with van der Waals surface area (Å²) < 4.78 is 1.83. The molecule has 0 atom stereocenters. The number of hydrogen-bond acceptors (Lipinski definition) is 3. The molecule has 5 nitrogen and oxygen atoms in total. The predicted molar refractivity (Wildman–Crippen MR) is 68.7 cm³/mol. The van der Waals surface area contributed by atoms with Gasteiger partial charge in [0.2, 0.25) is 0 Å². The Kier molecular flexibility index (Phi) is 2.60. The van der Waals surface area contributed by atoms with E-state index in [4.69, 9.17) is 11.6 Å². The number of fused-ring (bicyclic) bond motifs is 1. The molecule has 0 aliphatic carbocycles. The molecule has 0 amide bonds. The van der Waals surface area contributed by atoms with Crippen LogP contribution >= 0.6 is 11.6 Å². The van der Waals surface area contributed by atoms with Crippen LogP contribution < -0.4 is 5.56 Å². The minimum atomic E-state index is -0.160. The molecular formula is C12H9ClN4O. The van der Waals surface area contributed by atoms with Gasteiger partial charge >= 0.3 is 0 Å². The van der Waals surface area contributed by atoms with Crippen molar-refractivity contribution in [2.75, 3.05) is 0 Å². The van der Waals surface area contributed by atoms with E-state index in [0.717, 1.165) is 0 Å². The van der Waals surface area contributed by atoms with Crippen molar-refractivity contribution in [1.29, 1.82) is 0 Å². The molecule has 0 unspecified atom stereocenters. The summed E-state index contributed by atoms with van der Waals surface area (Å²) in [7, 11) is 0. The highest BCUT2D eigenvalue weighted by molar-refractivity contribution is 6.31. The molecule has 3 aromatic rings. The number of nitrogens with one attached hydrogen (secondary N) is 1. The molecule has 90 valence electrons. The highest BCUT2D eigenvalue weighted by Gasteiger charge is 2.04. The first-order chi connectivity index (χ1) is 8.72. The number of halogens is 1. The van der Waals surface area contributed by atoms with Crippen LogP contribution in [0.4, 0.5) is 0 Å². The molecule has 2 aromatic heterocycles. The zero-order chi connectivity index (χ0) is 12.5. The molecule has 0 bridgehead atoms. The molecule has 0 saturated carbocycles. The number of rotatable bonds is 2. The van der Waals surface area contributed by atoms with Crippen molar-refractivity contribution in [3.05, 3.63) is 58.1 Å². The van der Waals surface area contributed by atoms with E-state index in [-0.39, 0.29) is 5.56 Å². The standard InChI is InChI=1S/C12H9ClN4O/c13-8-1-2-9-10(5-8)15-11(16-12(9)18)6-17-4-3-14-7-17/h1-5,7H,6H2,(H,15,16,18). The summed E-state index contributed by atoms with van der Waals surface area (Å²) in [6.45, 7) is 0.470. The molecule has 2 heterocycles. The van der Waals surface area contributed by atoms with Gasteiger partial charge in [-0.05, 0) is 18.2 Å². The van der Waals surface area contributed by atoms with Crippen LogP contribution in [0.2, 0.25) is 5.02 Å². The molecule has 0 aliphatic rings. The predicted octanol–water partition coefficient (Wildman–Crippen LogP) is 1.82. The Morgan fingerprint density at radius 3 is 3.06 bits per heavy atom. The minimum absolute atomic E-state index is 0.160. The van der Waals surface area contributed by atoms with Gasteiger partial charge in [-0.25, -0.2) is 9.97 Å². The first-order valence-electron chi connectivity index (χ1n) is 5.36. The van der Waals surface area contributed by atoms with E-state index >= 15 is 0 Å². The molecule has 0 fully saturated rings. The molecule has 0 aliphatic heterocycles. The Labute approximate surface area is 107 Å². The number of nitrogens with zero attached hydrogens (tertiary/aromatic N) is 3. The van der Waals surface area contributed by atoms with Crippen LogP contribution in [-0.4, -0.2) is 19.5 Å². The fraction of sp³-hybridized carbons (Fsp3) is 0.0833. The maximum Gasteiger partial charge on any atom is 0.258 e. The quantitative estimate of drug-likeness (QED) is 0.764. The van der Waals surface area contributed by atoms with Crippen molar-refractivity contribution in [1.82, 2.24) is 19.5 Å². The molecule has 1 aromatic carbocycles. The van der Waals surface area contributed by atoms with Crippen molar-refractivity contribution < 1.29 is 0 Å². The summed E-state index contributed by atoms with van der Waals surface area (Å²) in [6, 6.07) is 5.03. The van der Waals surface area contributed by atoms with E-state index in [0.29, 0.717) is 28.3 Å². The third-order valence-electron chi connectivity index (χ3n) is 2.61. The van der Waals surface area contributed by atoms with Gasteiger partial charge in [0.1, 0.15) is 5.82 Å². The lowest BCUT2D eigenvalue weighted by atomic mass is 10.2. The van der Waals surface area contributed by atoms with E-state index < -0.39 is 0 Å². The average Bonchev–Trinajstić information content (AvgIpc) is 2.81. The largest absolute Gasteiger partial charge is 0.330 e. The lowest BCUT2D eigenvalue weighted by molar-refractivity contribution is 0.744. The lowest BCUT2D eigenvalue weighted by Gasteiger charge is -2.03. The highest BCUT2D eigenvalue weighted by Crippen LogP contribution is 2.14. The Bertz CT molecular complexity index is 748. The highest BCUT2D eigenvalue weighted by atomic mass is 35.5. The van der Waals surface area contributed by atoms with Crippen LogP contribution in [0.15, 0.2) is 41.7 Å².